The Morgan fingerprint density at radius 3 is 1.98 bits per heavy atom. The molecule has 2 atom stereocenters. The van der Waals surface area contributed by atoms with E-state index in [1.165, 1.54) is 24.3 Å². The van der Waals surface area contributed by atoms with Crippen LogP contribution >= 0.6 is 0 Å². The van der Waals surface area contributed by atoms with Gasteiger partial charge in [0.15, 0.2) is 0 Å². The van der Waals surface area contributed by atoms with Gasteiger partial charge in [-0.3, -0.25) is 14.4 Å². The summed E-state index contributed by atoms with van der Waals surface area (Å²) in [5.74, 6) is -5.89. The fraction of sp³-hybridized carbons (Fsp3) is 0.556. The summed E-state index contributed by atoms with van der Waals surface area (Å²) in [7, 11) is 0. The average Bonchev–Trinajstić information content (AvgIpc) is 2.86. The number of benzene rings is 1. The summed E-state index contributed by atoms with van der Waals surface area (Å²) < 4.78 is 10.2. The Morgan fingerprint density at radius 2 is 1.46 bits per heavy atom. The molecule has 0 saturated heterocycles. The SMILES string of the molecule is CCCCCNC(=O)C(Cc1ccc(OC(C(=O)O)C(=O)O)cc1)NC(=O)[C@H](CCC(=O)O)NC(=O)OC(C)(C)C. The minimum Gasteiger partial charge on any atom is -0.481 e. The van der Waals surface area contributed by atoms with Crippen molar-refractivity contribution >= 4 is 35.8 Å². The maximum Gasteiger partial charge on any atom is 0.408 e. The summed E-state index contributed by atoms with van der Waals surface area (Å²) >= 11 is 0. The van der Waals surface area contributed by atoms with Crippen LogP contribution in [0, 0.1) is 0 Å². The zero-order valence-electron chi connectivity index (χ0n) is 23.6. The number of hydrogen-bond acceptors (Lipinski definition) is 8. The highest BCUT2D eigenvalue weighted by molar-refractivity contribution is 5.96. The molecule has 0 bridgehead atoms. The first-order valence-electron chi connectivity index (χ1n) is 13.1. The number of carbonyl (C=O) groups is 6. The van der Waals surface area contributed by atoms with Crippen molar-refractivity contribution in [3.63, 3.8) is 0 Å². The molecule has 14 nitrogen and oxygen atoms in total. The number of amides is 3. The number of alkyl carbamates (subject to hydrolysis) is 1. The second kappa shape index (κ2) is 16.7. The molecule has 0 fully saturated rings. The molecule has 0 spiro atoms. The first kappa shape index (κ1) is 34.7. The lowest BCUT2D eigenvalue weighted by Crippen LogP contribution is -2.55. The quantitative estimate of drug-likeness (QED) is 0.115. The number of hydrogen-bond donors (Lipinski definition) is 6. The zero-order valence-corrected chi connectivity index (χ0v) is 23.6. The molecule has 1 aromatic carbocycles. The highest BCUT2D eigenvalue weighted by Crippen LogP contribution is 2.16. The molecular weight excluding hydrogens is 542 g/mol. The van der Waals surface area contributed by atoms with E-state index in [4.69, 9.17) is 24.8 Å². The Bertz CT molecular complexity index is 1050. The van der Waals surface area contributed by atoms with Crippen molar-refractivity contribution < 1.29 is 53.6 Å². The van der Waals surface area contributed by atoms with Crippen LogP contribution < -0.4 is 20.7 Å². The third-order valence-corrected chi connectivity index (χ3v) is 5.43. The third kappa shape index (κ3) is 14.0. The van der Waals surface area contributed by atoms with Crippen LogP contribution in [0.25, 0.3) is 0 Å². The van der Waals surface area contributed by atoms with Crippen molar-refractivity contribution in [3.05, 3.63) is 29.8 Å². The Balaban J connectivity index is 3.11. The van der Waals surface area contributed by atoms with Gasteiger partial charge in [-0.25, -0.2) is 14.4 Å². The van der Waals surface area contributed by atoms with Gasteiger partial charge in [-0.15, -0.1) is 0 Å². The Hall–Kier alpha value is -4.36. The molecule has 6 N–H and O–H groups in total. The van der Waals surface area contributed by atoms with Crippen LogP contribution in [-0.4, -0.2) is 81.5 Å². The molecule has 0 saturated carbocycles. The maximum absolute atomic E-state index is 13.2. The minimum atomic E-state index is -2.11. The highest BCUT2D eigenvalue weighted by Gasteiger charge is 2.30. The van der Waals surface area contributed by atoms with Crippen molar-refractivity contribution in [2.24, 2.45) is 0 Å². The largest absolute Gasteiger partial charge is 0.481 e. The van der Waals surface area contributed by atoms with Gasteiger partial charge in [-0.05, 0) is 51.3 Å². The van der Waals surface area contributed by atoms with Crippen LogP contribution in [-0.2, 0) is 35.1 Å². The first-order valence-corrected chi connectivity index (χ1v) is 13.1. The summed E-state index contributed by atoms with van der Waals surface area (Å²) in [5, 5.41) is 34.8. The van der Waals surface area contributed by atoms with Crippen molar-refractivity contribution in [3.8, 4) is 5.75 Å². The number of carboxylic acids is 3. The number of unbranched alkanes of at least 4 members (excludes halogenated alkanes) is 2. The van der Waals surface area contributed by atoms with Gasteiger partial charge in [0.1, 0.15) is 23.4 Å². The van der Waals surface area contributed by atoms with Gasteiger partial charge < -0.3 is 40.7 Å². The maximum atomic E-state index is 13.2. The number of nitrogens with one attached hydrogen (secondary N) is 3. The minimum absolute atomic E-state index is 0.0367. The number of carbonyl (C=O) groups excluding carboxylic acids is 3. The molecule has 1 rings (SSSR count). The van der Waals surface area contributed by atoms with Gasteiger partial charge in [-0.2, -0.15) is 0 Å². The molecular formula is C27H39N3O11. The summed E-state index contributed by atoms with van der Waals surface area (Å²) in [5.41, 5.74) is -0.361. The Labute approximate surface area is 237 Å². The number of rotatable bonds is 17. The molecule has 0 heterocycles. The lowest BCUT2D eigenvalue weighted by molar-refractivity contribution is -0.159. The van der Waals surface area contributed by atoms with Crippen LogP contribution in [0.1, 0.15) is 65.4 Å². The van der Waals surface area contributed by atoms with Gasteiger partial charge in [0.25, 0.3) is 6.10 Å². The predicted molar refractivity (Wildman–Crippen MR) is 144 cm³/mol. The van der Waals surface area contributed by atoms with Crippen LogP contribution in [0.2, 0.25) is 0 Å². The number of carboxylic acid groups (broad SMARTS) is 3. The van der Waals surface area contributed by atoms with E-state index >= 15 is 0 Å². The molecule has 228 valence electrons. The van der Waals surface area contributed by atoms with Crippen LogP contribution in [0.3, 0.4) is 0 Å². The van der Waals surface area contributed by atoms with E-state index in [1.807, 2.05) is 6.92 Å². The smallest absolute Gasteiger partial charge is 0.408 e. The molecule has 0 aromatic heterocycles. The van der Waals surface area contributed by atoms with E-state index in [0.717, 1.165) is 12.8 Å². The van der Waals surface area contributed by atoms with E-state index in [9.17, 15) is 28.8 Å². The summed E-state index contributed by atoms with van der Waals surface area (Å²) in [6, 6.07) is 3.16. The van der Waals surface area contributed by atoms with Crippen molar-refractivity contribution in [2.45, 2.75) is 90.0 Å². The second-order valence-corrected chi connectivity index (χ2v) is 10.2. The van der Waals surface area contributed by atoms with E-state index < -0.39 is 66.0 Å². The van der Waals surface area contributed by atoms with E-state index in [0.29, 0.717) is 18.5 Å². The van der Waals surface area contributed by atoms with E-state index in [2.05, 4.69) is 16.0 Å². The van der Waals surface area contributed by atoms with E-state index in [-0.39, 0.29) is 18.6 Å². The predicted octanol–water partition coefficient (Wildman–Crippen LogP) is 1.70. The molecule has 14 heteroatoms. The zero-order chi connectivity index (χ0) is 31.2. The monoisotopic (exact) mass is 581 g/mol. The topological polar surface area (TPSA) is 218 Å². The van der Waals surface area contributed by atoms with Crippen LogP contribution in [0.15, 0.2) is 24.3 Å². The third-order valence-electron chi connectivity index (χ3n) is 5.43. The van der Waals surface area contributed by atoms with Crippen molar-refractivity contribution in [1.82, 2.24) is 16.0 Å². The summed E-state index contributed by atoms with van der Waals surface area (Å²) in [4.78, 5) is 71.8. The molecule has 41 heavy (non-hydrogen) atoms. The number of aliphatic carboxylic acids is 3. The molecule has 3 amide bonds. The van der Waals surface area contributed by atoms with Crippen LogP contribution in [0.5, 0.6) is 5.75 Å². The highest BCUT2D eigenvalue weighted by atomic mass is 16.6. The lowest BCUT2D eigenvalue weighted by atomic mass is 10.0. The Morgan fingerprint density at radius 1 is 0.854 bits per heavy atom. The van der Waals surface area contributed by atoms with Crippen LogP contribution in [0.4, 0.5) is 4.79 Å². The van der Waals surface area contributed by atoms with Gasteiger partial charge >= 0.3 is 24.0 Å². The lowest BCUT2D eigenvalue weighted by Gasteiger charge is -2.25. The molecule has 1 aromatic rings. The summed E-state index contributed by atoms with van der Waals surface area (Å²) in [6.45, 7) is 7.23. The normalized spacial score (nSPS) is 12.5. The molecule has 0 aliphatic carbocycles. The number of ether oxygens (including phenoxy) is 2. The van der Waals surface area contributed by atoms with Crippen molar-refractivity contribution in [1.29, 1.82) is 0 Å². The fourth-order valence-electron chi connectivity index (χ4n) is 3.46. The second-order valence-electron chi connectivity index (χ2n) is 10.2. The molecule has 1 unspecified atom stereocenters. The summed E-state index contributed by atoms with van der Waals surface area (Å²) in [6.07, 6.45) is -1.25. The van der Waals surface area contributed by atoms with Crippen molar-refractivity contribution in [2.75, 3.05) is 6.54 Å². The van der Waals surface area contributed by atoms with Gasteiger partial charge in [0, 0.05) is 19.4 Å². The van der Waals surface area contributed by atoms with E-state index in [1.54, 1.807) is 20.8 Å². The fourth-order valence-corrected chi connectivity index (χ4v) is 3.46. The van der Waals surface area contributed by atoms with Gasteiger partial charge in [0.2, 0.25) is 11.8 Å². The molecule has 0 radical (unpaired) electrons. The molecule has 0 aliphatic rings. The van der Waals surface area contributed by atoms with Gasteiger partial charge in [0.05, 0.1) is 0 Å². The average molecular weight is 582 g/mol. The molecule has 0 aliphatic heterocycles. The standard InChI is InChI=1S/C27H39N3O11/c1-5-6-7-14-28-22(33)19(15-16-8-10-17(11-9-16)40-21(24(35)36)25(37)38)29-23(34)18(12-13-20(31)32)30-26(39)41-27(2,3)4/h8-11,18-19,21H,5-7,12-15H2,1-4H3,(H,28,33)(H,29,34)(H,30,39)(H,31,32)(H,35,36)(H,37,38)/t18-,19?/m0/s1. The Kier molecular flexibility index (Phi) is 14.1. The van der Waals surface area contributed by atoms with Gasteiger partial charge in [-0.1, -0.05) is 31.9 Å². The first-order chi connectivity index (χ1) is 19.1.